The van der Waals surface area contributed by atoms with Gasteiger partial charge in [-0.3, -0.25) is 15.1 Å². The van der Waals surface area contributed by atoms with Crippen LogP contribution in [-0.2, 0) is 22.7 Å². The lowest BCUT2D eigenvalue weighted by atomic mass is 9.93. The van der Waals surface area contributed by atoms with Crippen LogP contribution < -0.4 is 14.8 Å². The smallest absolute Gasteiger partial charge is 0.326 e. The second-order valence-corrected chi connectivity index (χ2v) is 13.9. The number of aliphatic hydroxyl groups is 1. The van der Waals surface area contributed by atoms with Crippen molar-refractivity contribution >= 4 is 17.6 Å². The van der Waals surface area contributed by atoms with Crippen molar-refractivity contribution in [3.05, 3.63) is 111 Å². The molecule has 1 fully saturated rings. The summed E-state index contributed by atoms with van der Waals surface area (Å²) in [5.41, 5.74) is 4.79. The van der Waals surface area contributed by atoms with Gasteiger partial charge < -0.3 is 29.3 Å². The van der Waals surface area contributed by atoms with E-state index < -0.39 is 24.3 Å². The molecule has 1 unspecified atom stereocenters. The van der Waals surface area contributed by atoms with Crippen molar-refractivity contribution in [2.75, 3.05) is 32.8 Å². The number of nitriles is 1. The Bertz CT molecular complexity index is 1870. The van der Waals surface area contributed by atoms with Gasteiger partial charge in [-0.15, -0.1) is 0 Å². The monoisotopic (exact) mass is 726 g/mol. The number of aromatic nitrogens is 1. The van der Waals surface area contributed by atoms with Gasteiger partial charge >= 0.3 is 5.97 Å². The van der Waals surface area contributed by atoms with E-state index in [1.165, 1.54) is 45.5 Å². The minimum absolute atomic E-state index is 0.0851. The largest absolute Gasteiger partial charge is 0.493 e. The van der Waals surface area contributed by atoms with Crippen LogP contribution in [0.1, 0.15) is 72.2 Å². The molecule has 2 heterocycles. The number of aliphatic carboxylic acids is 1. The number of ether oxygens (including phenoxy) is 3. The Kier molecular flexibility index (Phi) is 13.6. The van der Waals surface area contributed by atoms with Gasteiger partial charge in [-0.1, -0.05) is 48.4 Å². The van der Waals surface area contributed by atoms with Gasteiger partial charge in [-0.25, -0.2) is 0 Å². The van der Waals surface area contributed by atoms with Gasteiger partial charge in [0, 0.05) is 35.1 Å². The first-order valence-corrected chi connectivity index (χ1v) is 18.0. The van der Waals surface area contributed by atoms with Crippen LogP contribution in [0.4, 0.5) is 0 Å². The van der Waals surface area contributed by atoms with E-state index in [4.69, 9.17) is 25.8 Å². The van der Waals surface area contributed by atoms with Crippen LogP contribution in [0.25, 0.3) is 11.1 Å². The Hall–Kier alpha value is -4.50. The minimum Gasteiger partial charge on any atom is -0.493 e. The lowest BCUT2D eigenvalue weighted by Gasteiger charge is -2.31. The molecule has 1 saturated heterocycles. The molecule has 0 saturated carbocycles. The summed E-state index contributed by atoms with van der Waals surface area (Å²) < 4.78 is 18.9. The number of pyridine rings is 1. The zero-order valence-corrected chi connectivity index (χ0v) is 30.8. The van der Waals surface area contributed by atoms with Crippen molar-refractivity contribution in [2.24, 2.45) is 0 Å². The fraction of sp³-hybridized carbons (Fsp3) is 0.390. The number of halogens is 1. The Labute approximate surface area is 310 Å². The van der Waals surface area contributed by atoms with Crippen LogP contribution >= 0.6 is 11.6 Å². The van der Waals surface area contributed by atoms with Crippen molar-refractivity contribution in [1.82, 2.24) is 15.2 Å². The number of rotatable bonds is 17. The molecule has 0 aliphatic carbocycles. The third-order valence-corrected chi connectivity index (χ3v) is 9.80. The van der Waals surface area contributed by atoms with E-state index in [0.717, 1.165) is 46.5 Å². The highest BCUT2D eigenvalue weighted by atomic mass is 35.5. The minimum atomic E-state index is -1.75. The normalized spacial score (nSPS) is 15.0. The van der Waals surface area contributed by atoms with Gasteiger partial charge in [0.15, 0.2) is 0 Å². The average molecular weight is 727 g/mol. The Balaban J connectivity index is 1.37. The number of hydrogen-bond donors (Lipinski definition) is 3. The maximum Gasteiger partial charge on any atom is 0.326 e. The van der Waals surface area contributed by atoms with Crippen molar-refractivity contribution in [2.45, 2.75) is 71.4 Å². The van der Waals surface area contributed by atoms with Crippen LogP contribution in [0.3, 0.4) is 0 Å². The molecular formula is C41H47ClN4O6. The first kappa shape index (κ1) is 38.7. The number of carboxylic acids is 1. The topological polar surface area (TPSA) is 137 Å². The maximum absolute atomic E-state index is 12.3. The molecule has 1 aliphatic heterocycles. The lowest BCUT2D eigenvalue weighted by Crippen LogP contribution is -2.54. The molecule has 0 amide bonds. The summed E-state index contributed by atoms with van der Waals surface area (Å²) in [4.78, 5) is 18.9. The molecule has 52 heavy (non-hydrogen) atoms. The highest BCUT2D eigenvalue weighted by Gasteiger charge is 2.36. The zero-order valence-electron chi connectivity index (χ0n) is 30.0. The van der Waals surface area contributed by atoms with E-state index in [-0.39, 0.29) is 13.2 Å². The molecule has 4 aromatic rings. The number of piperidine rings is 1. The van der Waals surface area contributed by atoms with E-state index in [0.29, 0.717) is 34.1 Å². The van der Waals surface area contributed by atoms with Crippen molar-refractivity contribution in [3.8, 4) is 28.7 Å². The standard InChI is InChI=1S/C41H47ClN4O6/c1-28-32(10-7-11-34(28)35-12-8-13-37(29(35)2)50-19-9-18-46-16-5-4-6-17-46)26-52-39(45-41(3,27-47)40(48)49)36-21-33(42)14-15-38(36)51-25-31-20-30(22-43)23-44-24-31/h7-8,10-15,20-21,23-24,39,45,47H,4-6,9,16-19,25-27H2,1-3H3,(H,48,49)/t39?,41-/m0/s1. The van der Waals surface area contributed by atoms with Gasteiger partial charge in [0.2, 0.25) is 0 Å². The number of carboxylic acid groups (broad SMARTS) is 1. The highest BCUT2D eigenvalue weighted by Crippen LogP contribution is 2.36. The molecule has 0 bridgehead atoms. The fourth-order valence-electron chi connectivity index (χ4n) is 6.34. The molecule has 0 spiro atoms. The summed E-state index contributed by atoms with van der Waals surface area (Å²) in [6.07, 6.45) is 6.88. The molecule has 11 heteroatoms. The number of hydrogen-bond acceptors (Lipinski definition) is 9. The summed E-state index contributed by atoms with van der Waals surface area (Å²) in [5.74, 6) is -0.0134. The third-order valence-electron chi connectivity index (χ3n) is 9.56. The Morgan fingerprint density at radius 2 is 1.75 bits per heavy atom. The summed E-state index contributed by atoms with van der Waals surface area (Å²) in [7, 11) is 0. The van der Waals surface area contributed by atoms with Crippen LogP contribution in [0.5, 0.6) is 11.5 Å². The third kappa shape index (κ3) is 9.88. The SMILES string of the molecule is Cc1c(COC(N[C@@](C)(CO)C(=O)O)c2cc(Cl)ccc2OCc2cncc(C#N)c2)cccc1-c1cccc(OCCCN2CCCCC2)c1C. The van der Waals surface area contributed by atoms with E-state index in [1.54, 1.807) is 30.5 Å². The van der Waals surface area contributed by atoms with Gasteiger partial charge in [-0.2, -0.15) is 5.26 Å². The van der Waals surface area contributed by atoms with Gasteiger partial charge in [0.05, 0.1) is 25.4 Å². The highest BCUT2D eigenvalue weighted by molar-refractivity contribution is 6.30. The second-order valence-electron chi connectivity index (χ2n) is 13.4. The number of benzene rings is 3. The maximum atomic E-state index is 12.3. The lowest BCUT2D eigenvalue weighted by molar-refractivity contribution is -0.149. The predicted octanol–water partition coefficient (Wildman–Crippen LogP) is 7.36. The Morgan fingerprint density at radius 1 is 1.00 bits per heavy atom. The molecule has 1 aromatic heterocycles. The van der Waals surface area contributed by atoms with E-state index in [1.807, 2.05) is 31.2 Å². The molecule has 0 radical (unpaired) electrons. The molecule has 5 rings (SSSR count). The number of carbonyl (C=O) groups is 1. The van der Waals surface area contributed by atoms with Crippen LogP contribution in [0, 0.1) is 25.2 Å². The quantitative estimate of drug-likeness (QED) is 0.0748. The van der Waals surface area contributed by atoms with Crippen LogP contribution in [-0.4, -0.2) is 64.5 Å². The molecule has 3 N–H and O–H groups in total. The van der Waals surface area contributed by atoms with E-state index >= 15 is 0 Å². The summed E-state index contributed by atoms with van der Waals surface area (Å²) in [6, 6.07) is 20.9. The number of aliphatic hydroxyl groups excluding tert-OH is 1. The zero-order chi connectivity index (χ0) is 37.1. The fourth-order valence-corrected chi connectivity index (χ4v) is 6.52. The van der Waals surface area contributed by atoms with Gasteiger partial charge in [-0.05, 0) is 111 Å². The second kappa shape index (κ2) is 18.3. The van der Waals surface area contributed by atoms with Crippen molar-refractivity contribution in [3.63, 3.8) is 0 Å². The van der Waals surface area contributed by atoms with Gasteiger partial charge in [0.1, 0.15) is 35.9 Å². The first-order valence-electron chi connectivity index (χ1n) is 17.7. The first-order chi connectivity index (χ1) is 25.1. The average Bonchev–Trinajstić information content (AvgIpc) is 3.16. The van der Waals surface area contributed by atoms with Crippen molar-refractivity contribution in [1.29, 1.82) is 5.26 Å². The van der Waals surface area contributed by atoms with Crippen molar-refractivity contribution < 1.29 is 29.2 Å². The van der Waals surface area contributed by atoms with Gasteiger partial charge in [0.25, 0.3) is 0 Å². The summed E-state index contributed by atoms with van der Waals surface area (Å²) in [6.45, 7) is 9.04. The number of likely N-dealkylation sites (tertiary alicyclic amines) is 1. The molecule has 3 aromatic carbocycles. The van der Waals surface area contributed by atoms with Crippen LogP contribution in [0.2, 0.25) is 5.02 Å². The molecule has 274 valence electrons. The molecule has 1 aliphatic rings. The van der Waals surface area contributed by atoms with E-state index in [9.17, 15) is 20.3 Å². The number of nitrogens with one attached hydrogen (secondary N) is 1. The van der Waals surface area contributed by atoms with E-state index in [2.05, 4.69) is 40.3 Å². The number of nitrogens with zero attached hydrogens (tertiary/aromatic N) is 3. The summed E-state index contributed by atoms with van der Waals surface area (Å²) >= 11 is 6.46. The molecular weight excluding hydrogens is 680 g/mol. The van der Waals surface area contributed by atoms with Crippen LogP contribution in [0.15, 0.2) is 73.1 Å². The molecule has 10 nitrogen and oxygen atoms in total. The molecule has 2 atom stereocenters. The summed E-state index contributed by atoms with van der Waals surface area (Å²) in [5, 5.41) is 32.8. The Morgan fingerprint density at radius 3 is 2.48 bits per heavy atom. The predicted molar refractivity (Wildman–Crippen MR) is 200 cm³/mol.